The molecular formula is C18H19N5O. The number of benzene rings is 2. The zero-order chi connectivity index (χ0) is 16.9. The lowest BCUT2D eigenvalue weighted by Crippen LogP contribution is -2.26. The fourth-order valence-electron chi connectivity index (χ4n) is 2.45. The number of hydrogen-bond donors (Lipinski definition) is 1. The number of aryl methyl sites for hydroxylation is 2. The third-order valence-corrected chi connectivity index (χ3v) is 3.70. The molecule has 122 valence electrons. The molecule has 2 aromatic carbocycles. The van der Waals surface area contributed by atoms with Gasteiger partial charge >= 0.3 is 0 Å². The van der Waals surface area contributed by atoms with Crippen LogP contribution in [0, 0.1) is 13.8 Å². The molecule has 24 heavy (non-hydrogen) atoms. The van der Waals surface area contributed by atoms with Crippen LogP contribution >= 0.6 is 0 Å². The topological polar surface area (TPSA) is 72.7 Å². The Kier molecular flexibility index (Phi) is 4.65. The van der Waals surface area contributed by atoms with E-state index in [0.29, 0.717) is 12.2 Å². The molecule has 0 spiro atoms. The largest absolute Gasteiger partial charge is 0.348 e. The molecule has 3 rings (SSSR count). The highest BCUT2D eigenvalue weighted by atomic mass is 16.1. The van der Waals surface area contributed by atoms with Gasteiger partial charge in [-0.1, -0.05) is 47.5 Å². The average Bonchev–Trinajstić information content (AvgIpc) is 3.02. The number of carbonyl (C=O) groups excluding carboxylic acids is 1. The Balaban J connectivity index is 1.64. The first kappa shape index (κ1) is 15.9. The Labute approximate surface area is 140 Å². The highest BCUT2D eigenvalue weighted by Gasteiger charge is 2.10. The summed E-state index contributed by atoms with van der Waals surface area (Å²) < 4.78 is 1.63. The average molecular weight is 321 g/mol. The van der Waals surface area contributed by atoms with E-state index in [4.69, 9.17) is 0 Å². The lowest BCUT2D eigenvalue weighted by molar-refractivity contribution is -0.120. The molecule has 0 aliphatic heterocycles. The molecule has 3 aromatic rings. The molecular weight excluding hydrogens is 302 g/mol. The van der Waals surface area contributed by atoms with Gasteiger partial charge < -0.3 is 5.32 Å². The first-order valence-electron chi connectivity index (χ1n) is 7.78. The molecule has 0 aliphatic carbocycles. The Bertz CT molecular complexity index is 839. The molecule has 6 heteroatoms. The highest BCUT2D eigenvalue weighted by molar-refractivity contribution is 5.78. The zero-order valence-electron chi connectivity index (χ0n) is 13.7. The Morgan fingerprint density at radius 3 is 2.62 bits per heavy atom. The van der Waals surface area contributed by atoms with Crippen LogP contribution in [0.1, 0.15) is 22.5 Å². The molecule has 1 N–H and O–H groups in total. The fraction of sp³-hybridized carbons (Fsp3) is 0.222. The molecule has 0 unspecified atom stereocenters. The van der Waals surface area contributed by atoms with Crippen LogP contribution in [0.2, 0.25) is 0 Å². The van der Waals surface area contributed by atoms with Crippen molar-refractivity contribution >= 4 is 5.91 Å². The van der Waals surface area contributed by atoms with E-state index < -0.39 is 0 Å². The standard InChI is InChI=1S/C18H19N5O/c1-13-6-8-16(9-7-13)23-17(20-21-22-23)12-19-18(24)11-15-5-3-4-14(2)10-15/h3-10H,11-12H2,1-2H3,(H,19,24). The SMILES string of the molecule is Cc1ccc(-n2nnnc2CNC(=O)Cc2cccc(C)c2)cc1. The maximum Gasteiger partial charge on any atom is 0.224 e. The smallest absolute Gasteiger partial charge is 0.224 e. The molecule has 1 heterocycles. The third-order valence-electron chi connectivity index (χ3n) is 3.70. The van der Waals surface area contributed by atoms with Gasteiger partial charge in [0.1, 0.15) is 0 Å². The highest BCUT2D eigenvalue weighted by Crippen LogP contribution is 2.09. The van der Waals surface area contributed by atoms with E-state index in [1.165, 1.54) is 5.56 Å². The molecule has 1 aromatic heterocycles. The van der Waals surface area contributed by atoms with E-state index in [0.717, 1.165) is 16.8 Å². The number of carbonyl (C=O) groups is 1. The molecule has 0 saturated carbocycles. The van der Waals surface area contributed by atoms with Crippen LogP contribution in [0.15, 0.2) is 48.5 Å². The van der Waals surface area contributed by atoms with Crippen LogP contribution in [-0.2, 0) is 17.8 Å². The summed E-state index contributed by atoms with van der Waals surface area (Å²) in [7, 11) is 0. The summed E-state index contributed by atoms with van der Waals surface area (Å²) in [5.74, 6) is 0.538. The molecule has 0 aliphatic rings. The molecule has 6 nitrogen and oxygen atoms in total. The van der Waals surface area contributed by atoms with Crippen LogP contribution in [0.5, 0.6) is 0 Å². The van der Waals surface area contributed by atoms with Crippen LogP contribution in [-0.4, -0.2) is 26.1 Å². The summed E-state index contributed by atoms with van der Waals surface area (Å²) in [5, 5.41) is 14.6. The van der Waals surface area contributed by atoms with Gasteiger partial charge in [0, 0.05) is 0 Å². The van der Waals surface area contributed by atoms with E-state index in [1.54, 1.807) is 4.68 Å². The van der Waals surface area contributed by atoms with Crippen molar-refractivity contribution < 1.29 is 4.79 Å². The van der Waals surface area contributed by atoms with Gasteiger partial charge in [0.05, 0.1) is 18.7 Å². The molecule has 1 amide bonds. The van der Waals surface area contributed by atoms with E-state index in [-0.39, 0.29) is 12.5 Å². The normalized spacial score (nSPS) is 10.6. The second kappa shape index (κ2) is 7.04. The van der Waals surface area contributed by atoms with Gasteiger partial charge in [-0.05, 0) is 42.0 Å². The summed E-state index contributed by atoms with van der Waals surface area (Å²) in [6, 6.07) is 15.8. The van der Waals surface area contributed by atoms with E-state index in [2.05, 4.69) is 20.8 Å². The number of nitrogens with one attached hydrogen (secondary N) is 1. The van der Waals surface area contributed by atoms with Gasteiger partial charge in [-0.2, -0.15) is 4.68 Å². The minimum Gasteiger partial charge on any atom is -0.348 e. The quantitative estimate of drug-likeness (QED) is 0.781. The van der Waals surface area contributed by atoms with Crippen molar-refractivity contribution in [3.8, 4) is 5.69 Å². The van der Waals surface area contributed by atoms with Crippen molar-refractivity contribution in [2.75, 3.05) is 0 Å². The first-order chi connectivity index (χ1) is 11.6. The summed E-state index contributed by atoms with van der Waals surface area (Å²) in [4.78, 5) is 12.1. The summed E-state index contributed by atoms with van der Waals surface area (Å²) in [6.07, 6.45) is 0.341. The third kappa shape index (κ3) is 3.84. The van der Waals surface area contributed by atoms with Gasteiger partial charge in [0.25, 0.3) is 0 Å². The van der Waals surface area contributed by atoms with Crippen molar-refractivity contribution in [1.82, 2.24) is 25.5 Å². The van der Waals surface area contributed by atoms with Gasteiger partial charge in [0.15, 0.2) is 5.82 Å². The van der Waals surface area contributed by atoms with Gasteiger partial charge in [0.2, 0.25) is 5.91 Å². The lowest BCUT2D eigenvalue weighted by atomic mass is 10.1. The first-order valence-corrected chi connectivity index (χ1v) is 7.78. The minimum atomic E-state index is -0.0564. The predicted octanol–water partition coefficient (Wildman–Crippen LogP) is 2.14. The second-order valence-electron chi connectivity index (χ2n) is 5.79. The number of rotatable bonds is 5. The summed E-state index contributed by atoms with van der Waals surface area (Å²) in [6.45, 7) is 4.32. The number of hydrogen-bond acceptors (Lipinski definition) is 4. The molecule has 0 saturated heterocycles. The van der Waals surface area contributed by atoms with E-state index >= 15 is 0 Å². The van der Waals surface area contributed by atoms with Gasteiger partial charge in [-0.25, -0.2) is 0 Å². The van der Waals surface area contributed by atoms with Crippen LogP contribution in [0.25, 0.3) is 5.69 Å². The maximum atomic E-state index is 12.1. The number of nitrogens with zero attached hydrogens (tertiary/aromatic N) is 4. The molecule has 0 bridgehead atoms. The molecule has 0 atom stereocenters. The van der Waals surface area contributed by atoms with Crippen LogP contribution in [0.4, 0.5) is 0 Å². The van der Waals surface area contributed by atoms with Gasteiger partial charge in [-0.3, -0.25) is 4.79 Å². The molecule has 0 radical (unpaired) electrons. The Hall–Kier alpha value is -3.02. The zero-order valence-corrected chi connectivity index (χ0v) is 13.7. The lowest BCUT2D eigenvalue weighted by Gasteiger charge is -2.07. The number of amides is 1. The predicted molar refractivity (Wildman–Crippen MR) is 90.6 cm³/mol. The summed E-state index contributed by atoms with van der Waals surface area (Å²) in [5.41, 5.74) is 4.17. The van der Waals surface area contributed by atoms with E-state index in [1.807, 2.05) is 62.4 Å². The monoisotopic (exact) mass is 321 g/mol. The number of tetrazole rings is 1. The molecule has 0 fully saturated rings. The van der Waals surface area contributed by atoms with Crippen LogP contribution in [0.3, 0.4) is 0 Å². The van der Waals surface area contributed by atoms with Crippen molar-refractivity contribution in [3.05, 3.63) is 71.0 Å². The van der Waals surface area contributed by atoms with Crippen molar-refractivity contribution in [3.63, 3.8) is 0 Å². The van der Waals surface area contributed by atoms with Gasteiger partial charge in [-0.15, -0.1) is 5.10 Å². The van der Waals surface area contributed by atoms with E-state index in [9.17, 15) is 4.79 Å². The van der Waals surface area contributed by atoms with Crippen molar-refractivity contribution in [1.29, 1.82) is 0 Å². The summed E-state index contributed by atoms with van der Waals surface area (Å²) >= 11 is 0. The Morgan fingerprint density at radius 1 is 1.08 bits per heavy atom. The fourth-order valence-corrected chi connectivity index (χ4v) is 2.45. The second-order valence-corrected chi connectivity index (χ2v) is 5.79. The Morgan fingerprint density at radius 2 is 1.88 bits per heavy atom. The van der Waals surface area contributed by atoms with Crippen LogP contribution < -0.4 is 5.32 Å². The maximum absolute atomic E-state index is 12.1. The van der Waals surface area contributed by atoms with Crippen molar-refractivity contribution in [2.45, 2.75) is 26.8 Å². The number of aromatic nitrogens is 4. The van der Waals surface area contributed by atoms with Crippen molar-refractivity contribution in [2.24, 2.45) is 0 Å². The minimum absolute atomic E-state index is 0.0564.